The first-order valence-electron chi connectivity index (χ1n) is 10.8. The Balaban J connectivity index is 1.23. The van der Waals surface area contributed by atoms with Crippen LogP contribution in [0.25, 0.3) is 0 Å². The number of nitrogens with one attached hydrogen (secondary N) is 4. The Morgan fingerprint density at radius 1 is 1.28 bits per heavy atom. The first-order valence-corrected chi connectivity index (χ1v) is 11.2. The van der Waals surface area contributed by atoms with Crippen LogP contribution in [-0.4, -0.2) is 58.0 Å². The number of carbonyl (C=O) groups excluding carboxylic acids is 2. The highest BCUT2D eigenvalue weighted by Crippen LogP contribution is 2.25. The summed E-state index contributed by atoms with van der Waals surface area (Å²) in [6, 6.07) is 7.49. The van der Waals surface area contributed by atoms with Gasteiger partial charge in [-0.1, -0.05) is 6.07 Å². The lowest BCUT2D eigenvalue weighted by Gasteiger charge is -2.37. The molecule has 0 spiro atoms. The summed E-state index contributed by atoms with van der Waals surface area (Å²) in [5, 5.41) is 12.9. The predicted octanol–water partition coefficient (Wildman–Crippen LogP) is 0.677. The average Bonchev–Trinajstić information content (AvgIpc) is 3.47. The molecule has 2 aliphatic heterocycles. The number of piperazine rings is 1. The van der Waals surface area contributed by atoms with Gasteiger partial charge in [0, 0.05) is 50.5 Å². The van der Waals surface area contributed by atoms with Gasteiger partial charge in [0.15, 0.2) is 5.11 Å². The van der Waals surface area contributed by atoms with Crippen LogP contribution in [0.4, 0.5) is 0 Å². The second-order valence-corrected chi connectivity index (χ2v) is 8.54. The van der Waals surface area contributed by atoms with Gasteiger partial charge in [0.2, 0.25) is 11.8 Å². The van der Waals surface area contributed by atoms with E-state index < -0.39 is 0 Å². The molecule has 0 aromatic carbocycles. The van der Waals surface area contributed by atoms with E-state index in [1.807, 2.05) is 24.3 Å². The van der Waals surface area contributed by atoms with Crippen LogP contribution in [0.3, 0.4) is 0 Å². The fourth-order valence-electron chi connectivity index (χ4n) is 4.25. The minimum atomic E-state index is -0.197. The molecule has 3 atom stereocenters. The highest BCUT2D eigenvalue weighted by molar-refractivity contribution is 7.80. The van der Waals surface area contributed by atoms with Crippen molar-refractivity contribution in [2.24, 2.45) is 0 Å². The fraction of sp³-hybridized carbons (Fsp3) is 0.455. The molecule has 10 heteroatoms. The number of thiocarbonyl (C=S) groups is 1. The van der Waals surface area contributed by atoms with Gasteiger partial charge in [0.1, 0.15) is 5.76 Å². The quantitative estimate of drug-likeness (QED) is 0.429. The van der Waals surface area contributed by atoms with Gasteiger partial charge in [-0.3, -0.25) is 19.5 Å². The topological polar surface area (TPSA) is 112 Å². The fourth-order valence-corrected chi connectivity index (χ4v) is 4.49. The minimum Gasteiger partial charge on any atom is -0.467 e. The summed E-state index contributed by atoms with van der Waals surface area (Å²) < 4.78 is 5.30. The zero-order valence-corrected chi connectivity index (χ0v) is 18.6. The molecule has 4 N–H and O–H groups in total. The number of hydrogen-bond donors (Lipinski definition) is 4. The Kier molecular flexibility index (Phi) is 7.33. The number of amides is 2. The largest absolute Gasteiger partial charge is 0.467 e. The van der Waals surface area contributed by atoms with Crippen LogP contribution >= 0.6 is 12.2 Å². The molecular weight excluding hydrogens is 428 g/mol. The van der Waals surface area contributed by atoms with Crippen molar-refractivity contribution in [1.82, 2.24) is 31.2 Å². The number of pyridine rings is 1. The first kappa shape index (κ1) is 22.2. The molecule has 9 nitrogen and oxygen atoms in total. The lowest BCUT2D eigenvalue weighted by molar-refractivity contribution is -0.129. The van der Waals surface area contributed by atoms with Gasteiger partial charge in [0.25, 0.3) is 0 Å². The Labute approximate surface area is 192 Å². The van der Waals surface area contributed by atoms with E-state index in [1.165, 1.54) is 0 Å². The molecule has 0 aliphatic carbocycles. The van der Waals surface area contributed by atoms with Crippen molar-refractivity contribution in [3.05, 3.63) is 54.2 Å². The van der Waals surface area contributed by atoms with E-state index in [0.29, 0.717) is 50.6 Å². The average molecular weight is 457 g/mol. The van der Waals surface area contributed by atoms with E-state index in [0.717, 1.165) is 11.3 Å². The molecule has 2 amide bonds. The number of rotatable bonds is 8. The van der Waals surface area contributed by atoms with E-state index >= 15 is 0 Å². The lowest BCUT2D eigenvalue weighted by atomic mass is 10.0. The van der Waals surface area contributed by atoms with E-state index in [-0.39, 0.29) is 29.9 Å². The van der Waals surface area contributed by atoms with Gasteiger partial charge in [-0.15, -0.1) is 0 Å². The molecule has 2 aromatic heterocycles. The minimum absolute atomic E-state index is 0.000482. The molecular formula is C22H28N6O3S. The maximum absolute atomic E-state index is 12.4. The van der Waals surface area contributed by atoms with Crippen molar-refractivity contribution < 1.29 is 14.0 Å². The van der Waals surface area contributed by atoms with Gasteiger partial charge in [0.05, 0.1) is 18.8 Å². The lowest BCUT2D eigenvalue weighted by Crippen LogP contribution is -2.58. The Morgan fingerprint density at radius 3 is 2.97 bits per heavy atom. The summed E-state index contributed by atoms with van der Waals surface area (Å²) in [7, 11) is 0. The Morgan fingerprint density at radius 2 is 2.19 bits per heavy atom. The SMILES string of the molecule is O=C(CC[C@@H]1CNC(=O)[C@@H]2C[C@H](NC(=S)NCc3ccco3)CN12)NCc1cccnc1. The van der Waals surface area contributed by atoms with Gasteiger partial charge < -0.3 is 25.7 Å². The smallest absolute Gasteiger partial charge is 0.237 e. The summed E-state index contributed by atoms with van der Waals surface area (Å²) in [5.74, 6) is 0.847. The molecule has 32 heavy (non-hydrogen) atoms. The molecule has 4 heterocycles. The van der Waals surface area contributed by atoms with Crippen molar-refractivity contribution in [1.29, 1.82) is 0 Å². The van der Waals surface area contributed by atoms with Gasteiger partial charge in [-0.05, 0) is 48.8 Å². The summed E-state index contributed by atoms with van der Waals surface area (Å²) in [4.78, 5) is 31.0. The third-order valence-electron chi connectivity index (χ3n) is 5.88. The molecule has 170 valence electrons. The second kappa shape index (κ2) is 10.6. The highest BCUT2D eigenvalue weighted by Gasteiger charge is 2.43. The van der Waals surface area contributed by atoms with Crippen molar-refractivity contribution in [2.45, 2.75) is 50.5 Å². The standard InChI is InChI=1S/C22H28N6O3S/c29-20(24-11-15-3-1-7-23-10-15)6-5-17-12-25-21(30)19-9-16(14-28(17)19)27-22(32)26-13-18-4-2-8-31-18/h1-4,7-8,10,16-17,19H,5-6,9,11-14H2,(H,24,29)(H,25,30)(H2,26,27,32)/t16-,17+,19-/m0/s1. The van der Waals surface area contributed by atoms with E-state index in [2.05, 4.69) is 31.2 Å². The van der Waals surface area contributed by atoms with Crippen LogP contribution in [-0.2, 0) is 22.7 Å². The van der Waals surface area contributed by atoms with Crippen LogP contribution in [0.2, 0.25) is 0 Å². The van der Waals surface area contributed by atoms with Crippen molar-refractivity contribution in [3.63, 3.8) is 0 Å². The number of nitrogens with zero attached hydrogens (tertiary/aromatic N) is 2. The van der Waals surface area contributed by atoms with Crippen LogP contribution in [0, 0.1) is 0 Å². The predicted molar refractivity (Wildman–Crippen MR) is 122 cm³/mol. The molecule has 0 unspecified atom stereocenters. The molecule has 0 bridgehead atoms. The highest BCUT2D eigenvalue weighted by atomic mass is 32.1. The molecule has 2 saturated heterocycles. The molecule has 2 fully saturated rings. The molecule has 2 aromatic rings. The maximum Gasteiger partial charge on any atom is 0.237 e. The molecule has 0 saturated carbocycles. The van der Waals surface area contributed by atoms with E-state index in [4.69, 9.17) is 16.6 Å². The number of fused-ring (bicyclic) bond motifs is 1. The maximum atomic E-state index is 12.4. The van der Waals surface area contributed by atoms with Crippen molar-refractivity contribution in [2.75, 3.05) is 13.1 Å². The molecule has 2 aliphatic rings. The van der Waals surface area contributed by atoms with Gasteiger partial charge in [-0.25, -0.2) is 0 Å². The first-order chi connectivity index (χ1) is 15.6. The zero-order chi connectivity index (χ0) is 22.3. The molecule has 4 rings (SSSR count). The Bertz CT molecular complexity index is 923. The van der Waals surface area contributed by atoms with Crippen molar-refractivity contribution in [3.8, 4) is 0 Å². The normalized spacial score (nSPS) is 22.6. The van der Waals surface area contributed by atoms with Crippen molar-refractivity contribution >= 4 is 29.1 Å². The van der Waals surface area contributed by atoms with Gasteiger partial charge in [-0.2, -0.15) is 0 Å². The summed E-state index contributed by atoms with van der Waals surface area (Å²) in [6.07, 6.45) is 6.85. The Hall–Kier alpha value is -2.98. The number of carbonyl (C=O) groups is 2. The zero-order valence-electron chi connectivity index (χ0n) is 17.8. The molecule has 0 radical (unpaired) electrons. The second-order valence-electron chi connectivity index (χ2n) is 8.13. The van der Waals surface area contributed by atoms with Gasteiger partial charge >= 0.3 is 0 Å². The number of hydrogen-bond acceptors (Lipinski definition) is 6. The summed E-state index contributed by atoms with van der Waals surface area (Å²) in [6.45, 7) is 2.24. The third kappa shape index (κ3) is 5.83. The van der Waals surface area contributed by atoms with Crippen LogP contribution in [0.1, 0.15) is 30.6 Å². The van der Waals surface area contributed by atoms with E-state index in [1.54, 1.807) is 18.7 Å². The number of furan rings is 1. The summed E-state index contributed by atoms with van der Waals surface area (Å²) >= 11 is 5.40. The van der Waals surface area contributed by atoms with E-state index in [9.17, 15) is 9.59 Å². The summed E-state index contributed by atoms with van der Waals surface area (Å²) in [5.41, 5.74) is 0.968. The monoisotopic (exact) mass is 456 g/mol. The van der Waals surface area contributed by atoms with Crippen LogP contribution < -0.4 is 21.3 Å². The third-order valence-corrected chi connectivity index (χ3v) is 6.14. The van der Waals surface area contributed by atoms with Crippen LogP contribution in [0.15, 0.2) is 47.3 Å². The number of aromatic nitrogens is 1. The van der Waals surface area contributed by atoms with Crippen LogP contribution in [0.5, 0.6) is 0 Å².